The summed E-state index contributed by atoms with van der Waals surface area (Å²) in [7, 11) is 3.25. The molecule has 0 aliphatic carbocycles. The van der Waals surface area contributed by atoms with E-state index in [1.54, 1.807) is 45.4 Å². The Bertz CT molecular complexity index is 402. The lowest BCUT2D eigenvalue weighted by atomic mass is 10.1. The second kappa shape index (κ2) is 10.3. The molecule has 1 unspecified atom stereocenters. The molecule has 1 atom stereocenters. The molecule has 1 aromatic rings. The molecule has 0 heterocycles. The maximum Gasteiger partial charge on any atom is 0.191 e. The van der Waals surface area contributed by atoms with E-state index < -0.39 is 6.10 Å². The topological polar surface area (TPSA) is 54.0 Å². The van der Waals surface area contributed by atoms with E-state index >= 15 is 0 Å². The Kier molecular flexibility index (Phi) is 8.66. The largest absolute Gasteiger partial charge is 0.497 e. The highest BCUT2D eigenvalue weighted by atomic mass is 16.5. The third-order valence-corrected chi connectivity index (χ3v) is 2.98. The van der Waals surface area contributed by atoms with Gasteiger partial charge in [0, 0.05) is 25.9 Å². The average molecular weight is 296 g/mol. The van der Waals surface area contributed by atoms with Crippen molar-refractivity contribution in [3.63, 3.8) is 0 Å². The first-order valence-corrected chi connectivity index (χ1v) is 7.05. The van der Waals surface area contributed by atoms with Crippen LogP contribution >= 0.6 is 0 Å². The molecule has 1 rings (SSSR count). The van der Waals surface area contributed by atoms with E-state index in [1.807, 2.05) is 0 Å². The summed E-state index contributed by atoms with van der Waals surface area (Å²) in [5.41, 5.74) is 0.615. The van der Waals surface area contributed by atoms with Crippen molar-refractivity contribution in [3.8, 4) is 5.75 Å². The summed E-state index contributed by atoms with van der Waals surface area (Å²) in [6, 6.07) is 7.00. The predicted molar refractivity (Wildman–Crippen MR) is 80.1 cm³/mol. The maximum absolute atomic E-state index is 12.1. The number of carbonyl (C=O) groups is 1. The Labute approximate surface area is 126 Å². The third kappa shape index (κ3) is 6.71. The van der Waals surface area contributed by atoms with Crippen LogP contribution in [0.1, 0.15) is 23.7 Å². The van der Waals surface area contributed by atoms with Crippen molar-refractivity contribution >= 4 is 5.78 Å². The SMILES string of the molecule is COCCCOCCOC(C)C(=O)c1ccc(OC)cc1. The minimum Gasteiger partial charge on any atom is -0.497 e. The molecular weight excluding hydrogens is 272 g/mol. The molecule has 0 spiro atoms. The van der Waals surface area contributed by atoms with Gasteiger partial charge >= 0.3 is 0 Å². The summed E-state index contributed by atoms with van der Waals surface area (Å²) >= 11 is 0. The molecule has 0 saturated heterocycles. The van der Waals surface area contributed by atoms with Gasteiger partial charge in [-0.3, -0.25) is 4.79 Å². The first-order valence-electron chi connectivity index (χ1n) is 7.05. The number of methoxy groups -OCH3 is 2. The van der Waals surface area contributed by atoms with E-state index in [0.29, 0.717) is 32.0 Å². The van der Waals surface area contributed by atoms with Crippen LogP contribution in [0.4, 0.5) is 0 Å². The predicted octanol–water partition coefficient (Wildman–Crippen LogP) is 2.34. The minimum absolute atomic E-state index is 0.0444. The zero-order chi connectivity index (χ0) is 15.5. The average Bonchev–Trinajstić information content (AvgIpc) is 2.53. The summed E-state index contributed by atoms with van der Waals surface area (Å²) in [5, 5.41) is 0. The molecule has 0 N–H and O–H groups in total. The van der Waals surface area contributed by atoms with Crippen molar-refractivity contribution in [1.82, 2.24) is 0 Å². The number of rotatable bonds is 11. The van der Waals surface area contributed by atoms with Crippen LogP contribution in [0, 0.1) is 0 Å². The van der Waals surface area contributed by atoms with Crippen LogP contribution in [0.25, 0.3) is 0 Å². The number of hydrogen-bond acceptors (Lipinski definition) is 5. The summed E-state index contributed by atoms with van der Waals surface area (Å²) in [5.74, 6) is 0.682. The van der Waals surface area contributed by atoms with Gasteiger partial charge in [0.25, 0.3) is 0 Å². The van der Waals surface area contributed by atoms with Crippen molar-refractivity contribution in [2.24, 2.45) is 0 Å². The third-order valence-electron chi connectivity index (χ3n) is 2.98. The van der Waals surface area contributed by atoms with Gasteiger partial charge in [0.15, 0.2) is 5.78 Å². The molecular formula is C16H24O5. The Balaban J connectivity index is 2.24. The number of ketones is 1. The molecule has 1 aromatic carbocycles. The van der Waals surface area contributed by atoms with Crippen LogP contribution < -0.4 is 4.74 Å². The molecule has 0 bridgehead atoms. The molecule has 0 aromatic heterocycles. The van der Waals surface area contributed by atoms with E-state index in [0.717, 1.165) is 12.2 Å². The Morgan fingerprint density at radius 3 is 2.38 bits per heavy atom. The molecule has 5 nitrogen and oxygen atoms in total. The Morgan fingerprint density at radius 2 is 1.76 bits per heavy atom. The summed E-state index contributed by atoms with van der Waals surface area (Å²) in [4.78, 5) is 12.1. The lowest BCUT2D eigenvalue weighted by Crippen LogP contribution is -2.23. The first-order chi connectivity index (χ1) is 10.2. The highest BCUT2D eigenvalue weighted by molar-refractivity contribution is 5.99. The summed E-state index contributed by atoms with van der Waals surface area (Å²) < 4.78 is 20.8. The van der Waals surface area contributed by atoms with Crippen LogP contribution in [0.15, 0.2) is 24.3 Å². The van der Waals surface area contributed by atoms with Crippen molar-refractivity contribution in [3.05, 3.63) is 29.8 Å². The first kappa shape index (κ1) is 17.6. The smallest absolute Gasteiger partial charge is 0.191 e. The minimum atomic E-state index is -0.485. The van der Waals surface area contributed by atoms with Gasteiger partial charge in [-0.05, 0) is 37.6 Å². The number of hydrogen-bond donors (Lipinski definition) is 0. The molecule has 0 saturated carbocycles. The molecule has 5 heteroatoms. The zero-order valence-corrected chi connectivity index (χ0v) is 13.0. The van der Waals surface area contributed by atoms with E-state index in [1.165, 1.54) is 0 Å². The van der Waals surface area contributed by atoms with E-state index in [-0.39, 0.29) is 5.78 Å². The number of carbonyl (C=O) groups excluding carboxylic acids is 1. The van der Waals surface area contributed by atoms with Crippen molar-refractivity contribution in [2.45, 2.75) is 19.4 Å². The van der Waals surface area contributed by atoms with Gasteiger partial charge in [0.05, 0.1) is 20.3 Å². The molecule has 0 aliphatic rings. The molecule has 0 fully saturated rings. The molecule has 0 amide bonds. The molecule has 0 aliphatic heterocycles. The standard InChI is InChI=1S/C16H24O5/c1-13(21-12-11-20-10-4-9-18-2)16(17)14-5-7-15(19-3)8-6-14/h5-8,13H,4,9-12H2,1-3H3. The highest BCUT2D eigenvalue weighted by Crippen LogP contribution is 2.13. The lowest BCUT2D eigenvalue weighted by Gasteiger charge is -2.12. The van der Waals surface area contributed by atoms with Gasteiger partial charge in [-0.15, -0.1) is 0 Å². The number of ether oxygens (including phenoxy) is 4. The zero-order valence-electron chi connectivity index (χ0n) is 13.0. The summed E-state index contributed by atoms with van der Waals surface area (Å²) in [6.07, 6.45) is 0.373. The van der Waals surface area contributed by atoms with Crippen LogP contribution in [0.3, 0.4) is 0 Å². The maximum atomic E-state index is 12.1. The van der Waals surface area contributed by atoms with Crippen molar-refractivity contribution in [2.75, 3.05) is 40.6 Å². The van der Waals surface area contributed by atoms with Crippen LogP contribution in [0.5, 0.6) is 5.75 Å². The van der Waals surface area contributed by atoms with Gasteiger partial charge < -0.3 is 18.9 Å². The van der Waals surface area contributed by atoms with Gasteiger partial charge in [-0.1, -0.05) is 0 Å². The van der Waals surface area contributed by atoms with Crippen LogP contribution in [-0.2, 0) is 14.2 Å². The van der Waals surface area contributed by atoms with Crippen LogP contribution in [-0.4, -0.2) is 52.5 Å². The van der Waals surface area contributed by atoms with E-state index in [4.69, 9.17) is 18.9 Å². The van der Waals surface area contributed by atoms with Gasteiger partial charge in [0.2, 0.25) is 0 Å². The number of Topliss-reactive ketones (excluding diaryl/α,β-unsaturated/α-hetero) is 1. The Morgan fingerprint density at radius 1 is 1.05 bits per heavy atom. The van der Waals surface area contributed by atoms with Crippen molar-refractivity contribution < 1.29 is 23.7 Å². The normalized spacial score (nSPS) is 12.1. The second-order valence-electron chi connectivity index (χ2n) is 4.56. The monoisotopic (exact) mass is 296 g/mol. The fourth-order valence-corrected chi connectivity index (χ4v) is 1.76. The fraction of sp³-hybridized carbons (Fsp3) is 0.562. The van der Waals surface area contributed by atoms with Gasteiger partial charge in [0.1, 0.15) is 11.9 Å². The van der Waals surface area contributed by atoms with Gasteiger partial charge in [-0.2, -0.15) is 0 Å². The molecule has 118 valence electrons. The number of benzene rings is 1. The quantitative estimate of drug-likeness (QED) is 0.463. The molecule has 21 heavy (non-hydrogen) atoms. The van der Waals surface area contributed by atoms with Crippen LogP contribution in [0.2, 0.25) is 0 Å². The lowest BCUT2D eigenvalue weighted by molar-refractivity contribution is 0.0116. The van der Waals surface area contributed by atoms with E-state index in [2.05, 4.69) is 0 Å². The highest BCUT2D eigenvalue weighted by Gasteiger charge is 2.15. The second-order valence-corrected chi connectivity index (χ2v) is 4.56. The molecule has 0 radical (unpaired) electrons. The van der Waals surface area contributed by atoms with Crippen molar-refractivity contribution in [1.29, 1.82) is 0 Å². The Hall–Kier alpha value is -1.43. The summed E-state index contributed by atoms with van der Waals surface area (Å²) in [6.45, 7) is 3.95. The fourth-order valence-electron chi connectivity index (χ4n) is 1.76. The van der Waals surface area contributed by atoms with Gasteiger partial charge in [-0.25, -0.2) is 0 Å². The van der Waals surface area contributed by atoms with E-state index in [9.17, 15) is 4.79 Å².